The maximum absolute atomic E-state index is 13.4. The highest BCUT2D eigenvalue weighted by molar-refractivity contribution is 7.89. The van der Waals surface area contributed by atoms with E-state index in [9.17, 15) is 13.5 Å². The second-order valence-electron chi connectivity index (χ2n) is 10.7. The molecule has 9 nitrogen and oxygen atoms in total. The molecule has 7 rings (SSSR count). The molecule has 5 heterocycles. The van der Waals surface area contributed by atoms with Crippen LogP contribution in [0, 0.1) is 5.92 Å². The van der Waals surface area contributed by atoms with Crippen molar-refractivity contribution in [1.82, 2.24) is 14.3 Å². The molecule has 2 aromatic carbocycles. The third-order valence-corrected chi connectivity index (χ3v) is 10.0. The summed E-state index contributed by atoms with van der Waals surface area (Å²) in [7, 11) is -3.73. The normalized spacial score (nSPS) is 21.8. The standard InChI is InChI=1S/C30H30N4O5S/c35-29(21-3-1-5-25(13-21)33-16-22-4-2-11-38-28(22)19-33)27-14-23-17-34(18-24(23)15-32-27)40(36,37)26-8-6-20(7-9-26)30-31-10-12-39-30/h1,3,5-10,12-15,22,28-29,35H,2,4,11,16-19H2. The minimum absolute atomic E-state index is 0.202. The molecule has 0 spiro atoms. The fourth-order valence-electron chi connectivity index (χ4n) is 6.03. The molecule has 4 aromatic rings. The molecule has 206 valence electrons. The number of pyridine rings is 1. The Balaban J connectivity index is 1.07. The summed E-state index contributed by atoms with van der Waals surface area (Å²) >= 11 is 0. The van der Waals surface area contributed by atoms with Crippen LogP contribution in [0.3, 0.4) is 0 Å². The van der Waals surface area contributed by atoms with Gasteiger partial charge >= 0.3 is 0 Å². The van der Waals surface area contributed by atoms with E-state index in [1.807, 2.05) is 24.3 Å². The van der Waals surface area contributed by atoms with Gasteiger partial charge in [0.1, 0.15) is 12.4 Å². The third-order valence-electron chi connectivity index (χ3n) is 8.23. The van der Waals surface area contributed by atoms with Crippen LogP contribution in [-0.2, 0) is 27.8 Å². The lowest BCUT2D eigenvalue weighted by Gasteiger charge is -2.23. The van der Waals surface area contributed by atoms with E-state index < -0.39 is 16.1 Å². The van der Waals surface area contributed by atoms with Crippen LogP contribution in [0.4, 0.5) is 5.69 Å². The predicted molar refractivity (Wildman–Crippen MR) is 148 cm³/mol. The third kappa shape index (κ3) is 4.60. The second kappa shape index (κ2) is 10.1. The van der Waals surface area contributed by atoms with E-state index in [1.54, 1.807) is 36.7 Å². The Kier molecular flexibility index (Phi) is 6.42. The van der Waals surface area contributed by atoms with Crippen molar-refractivity contribution < 1.29 is 22.7 Å². The van der Waals surface area contributed by atoms with Crippen LogP contribution in [0.5, 0.6) is 0 Å². The van der Waals surface area contributed by atoms with Gasteiger partial charge in [-0.3, -0.25) is 4.98 Å². The van der Waals surface area contributed by atoms with E-state index in [0.29, 0.717) is 23.1 Å². The fraction of sp³-hybridized carbons (Fsp3) is 0.333. The van der Waals surface area contributed by atoms with Crippen molar-refractivity contribution in [2.45, 2.75) is 43.0 Å². The van der Waals surface area contributed by atoms with Gasteiger partial charge in [-0.2, -0.15) is 4.31 Å². The quantitative estimate of drug-likeness (QED) is 0.376. The highest BCUT2D eigenvalue weighted by Crippen LogP contribution is 2.35. The van der Waals surface area contributed by atoms with E-state index >= 15 is 0 Å². The molecule has 10 heteroatoms. The second-order valence-corrected chi connectivity index (χ2v) is 12.7. The van der Waals surface area contributed by atoms with Crippen LogP contribution < -0.4 is 4.90 Å². The number of anilines is 1. The summed E-state index contributed by atoms with van der Waals surface area (Å²) in [6.07, 6.45) is 6.39. The fourth-order valence-corrected chi connectivity index (χ4v) is 7.43. The molecular weight excluding hydrogens is 528 g/mol. The molecule has 2 aromatic heterocycles. The van der Waals surface area contributed by atoms with E-state index in [-0.39, 0.29) is 24.1 Å². The van der Waals surface area contributed by atoms with Crippen molar-refractivity contribution in [2.75, 3.05) is 24.6 Å². The van der Waals surface area contributed by atoms with E-state index in [4.69, 9.17) is 9.15 Å². The number of benzene rings is 2. The highest BCUT2D eigenvalue weighted by Gasteiger charge is 2.36. The van der Waals surface area contributed by atoms with Crippen LogP contribution >= 0.6 is 0 Å². The Hall–Kier alpha value is -3.57. The predicted octanol–water partition coefficient (Wildman–Crippen LogP) is 4.14. The van der Waals surface area contributed by atoms with Gasteiger partial charge in [-0.15, -0.1) is 0 Å². The van der Waals surface area contributed by atoms with Crippen LogP contribution in [0.15, 0.2) is 82.6 Å². The first-order chi connectivity index (χ1) is 19.5. The zero-order valence-corrected chi connectivity index (χ0v) is 22.7. The SMILES string of the molecule is O=S(=O)(c1ccc(-c2ncco2)cc1)N1Cc2cnc(C(O)c3cccc(N4CC5CCCOC5C4)c3)cc2C1. The summed E-state index contributed by atoms with van der Waals surface area (Å²) < 4.78 is 39.5. The number of aliphatic hydroxyl groups is 1. The Morgan fingerprint density at radius 2 is 1.85 bits per heavy atom. The molecule has 3 aliphatic rings. The van der Waals surface area contributed by atoms with Crippen molar-refractivity contribution in [3.05, 3.63) is 95.6 Å². The average Bonchev–Trinajstić information content (AvgIpc) is 3.76. The van der Waals surface area contributed by atoms with Gasteiger partial charge in [0.25, 0.3) is 0 Å². The van der Waals surface area contributed by atoms with Gasteiger partial charge in [-0.1, -0.05) is 12.1 Å². The topological polar surface area (TPSA) is 109 Å². The van der Waals surface area contributed by atoms with Gasteiger partial charge in [-0.25, -0.2) is 13.4 Å². The first kappa shape index (κ1) is 25.4. The van der Waals surface area contributed by atoms with Gasteiger partial charge in [-0.05, 0) is 72.0 Å². The van der Waals surface area contributed by atoms with E-state index in [0.717, 1.165) is 48.5 Å². The van der Waals surface area contributed by atoms with Crippen LogP contribution in [0.2, 0.25) is 0 Å². The molecule has 1 N–H and O–H groups in total. The lowest BCUT2D eigenvalue weighted by Crippen LogP contribution is -2.28. The molecule has 0 saturated carbocycles. The van der Waals surface area contributed by atoms with E-state index in [2.05, 4.69) is 20.9 Å². The number of nitrogens with zero attached hydrogens (tertiary/aromatic N) is 4. The van der Waals surface area contributed by atoms with Crippen molar-refractivity contribution in [3.8, 4) is 11.5 Å². The number of fused-ring (bicyclic) bond motifs is 2. The number of aliphatic hydroxyl groups excluding tert-OH is 1. The zero-order chi connectivity index (χ0) is 27.3. The maximum atomic E-state index is 13.4. The zero-order valence-electron chi connectivity index (χ0n) is 21.9. The molecular formula is C30H30N4O5S. The Bertz CT molecular complexity index is 1610. The van der Waals surface area contributed by atoms with Gasteiger partial charge in [0.05, 0.1) is 22.9 Å². The number of sulfonamides is 1. The molecule has 0 aliphatic carbocycles. The van der Waals surface area contributed by atoms with Crippen molar-refractivity contribution in [3.63, 3.8) is 0 Å². The largest absolute Gasteiger partial charge is 0.445 e. The number of hydrogen-bond acceptors (Lipinski definition) is 8. The van der Waals surface area contributed by atoms with Crippen molar-refractivity contribution >= 4 is 15.7 Å². The molecule has 40 heavy (non-hydrogen) atoms. The van der Waals surface area contributed by atoms with Crippen molar-refractivity contribution in [2.24, 2.45) is 5.92 Å². The summed E-state index contributed by atoms with van der Waals surface area (Å²) in [6.45, 7) is 3.13. The minimum Gasteiger partial charge on any atom is -0.445 e. The van der Waals surface area contributed by atoms with Crippen LogP contribution in [0.25, 0.3) is 11.5 Å². The lowest BCUT2D eigenvalue weighted by molar-refractivity contribution is 0.00105. The van der Waals surface area contributed by atoms with Crippen LogP contribution in [-0.4, -0.2) is 53.6 Å². The van der Waals surface area contributed by atoms with Gasteiger partial charge < -0.3 is 19.2 Å². The molecule has 0 amide bonds. The molecule has 2 fully saturated rings. The summed E-state index contributed by atoms with van der Waals surface area (Å²) in [5.74, 6) is 0.999. The smallest absolute Gasteiger partial charge is 0.243 e. The lowest BCUT2D eigenvalue weighted by atomic mass is 9.98. The molecule has 0 radical (unpaired) electrons. The number of aromatic nitrogens is 2. The average molecular weight is 559 g/mol. The first-order valence-electron chi connectivity index (χ1n) is 13.6. The van der Waals surface area contributed by atoms with Gasteiger partial charge in [0.2, 0.25) is 15.9 Å². The van der Waals surface area contributed by atoms with Gasteiger partial charge in [0.15, 0.2) is 0 Å². The summed E-state index contributed by atoms with van der Waals surface area (Å²) in [5.41, 5.74) is 4.72. The maximum Gasteiger partial charge on any atom is 0.243 e. The summed E-state index contributed by atoms with van der Waals surface area (Å²) in [6, 6.07) is 16.3. The molecule has 3 atom stereocenters. The summed E-state index contributed by atoms with van der Waals surface area (Å²) in [5, 5.41) is 11.3. The minimum atomic E-state index is -3.73. The molecule has 3 unspecified atom stereocenters. The number of hydrogen-bond donors (Lipinski definition) is 1. The number of ether oxygens (including phenoxy) is 1. The molecule has 2 saturated heterocycles. The van der Waals surface area contributed by atoms with Crippen LogP contribution in [0.1, 0.15) is 41.3 Å². The first-order valence-corrected chi connectivity index (χ1v) is 15.0. The monoisotopic (exact) mass is 558 g/mol. The molecule has 3 aliphatic heterocycles. The summed E-state index contributed by atoms with van der Waals surface area (Å²) in [4.78, 5) is 11.2. The molecule has 0 bridgehead atoms. The Morgan fingerprint density at radius 1 is 1.00 bits per heavy atom. The van der Waals surface area contributed by atoms with Gasteiger partial charge in [0, 0.05) is 56.2 Å². The Labute approximate surface area is 233 Å². The van der Waals surface area contributed by atoms with E-state index in [1.165, 1.54) is 17.0 Å². The number of oxazole rings is 1. The highest BCUT2D eigenvalue weighted by atomic mass is 32.2. The number of rotatable bonds is 6. The Morgan fingerprint density at radius 3 is 2.65 bits per heavy atom. The van der Waals surface area contributed by atoms with Crippen molar-refractivity contribution in [1.29, 1.82) is 0 Å².